The molecular formula is C19H22FNO. The lowest BCUT2D eigenvalue weighted by Crippen LogP contribution is -2.40. The van der Waals surface area contributed by atoms with Crippen molar-refractivity contribution in [1.29, 1.82) is 0 Å². The number of benzene rings is 2. The Labute approximate surface area is 131 Å². The lowest BCUT2D eigenvalue weighted by molar-refractivity contribution is 0.00677. The molecule has 22 heavy (non-hydrogen) atoms. The summed E-state index contributed by atoms with van der Waals surface area (Å²) in [6.07, 6.45) is 1.15. The molecule has 0 amide bonds. The Balaban J connectivity index is 1.73. The normalized spacial score (nSPS) is 21.7. The van der Waals surface area contributed by atoms with Crippen molar-refractivity contribution >= 4 is 0 Å². The van der Waals surface area contributed by atoms with Crippen molar-refractivity contribution in [3.8, 4) is 0 Å². The number of ether oxygens (including phenoxy) is 1. The average molecular weight is 299 g/mol. The molecule has 2 unspecified atom stereocenters. The SMILES string of the molecule is Cc1cc(F)ccc1C1CNCCC1OCc1ccccc1. The fourth-order valence-electron chi connectivity index (χ4n) is 3.18. The molecule has 0 spiro atoms. The van der Waals surface area contributed by atoms with Gasteiger partial charge in [0, 0.05) is 12.5 Å². The van der Waals surface area contributed by atoms with Gasteiger partial charge in [0.15, 0.2) is 0 Å². The van der Waals surface area contributed by atoms with Gasteiger partial charge in [-0.25, -0.2) is 4.39 Å². The number of nitrogens with one attached hydrogen (secondary N) is 1. The topological polar surface area (TPSA) is 21.3 Å². The average Bonchev–Trinajstić information content (AvgIpc) is 2.54. The predicted molar refractivity (Wildman–Crippen MR) is 86.4 cm³/mol. The van der Waals surface area contributed by atoms with E-state index in [0.29, 0.717) is 6.61 Å². The maximum absolute atomic E-state index is 13.3. The van der Waals surface area contributed by atoms with Crippen molar-refractivity contribution in [3.05, 3.63) is 71.0 Å². The Morgan fingerprint density at radius 3 is 2.77 bits per heavy atom. The predicted octanol–water partition coefficient (Wildman–Crippen LogP) is 3.80. The molecule has 0 radical (unpaired) electrons. The molecule has 2 aromatic rings. The zero-order valence-electron chi connectivity index (χ0n) is 12.9. The second-order valence-corrected chi connectivity index (χ2v) is 5.94. The minimum Gasteiger partial charge on any atom is -0.373 e. The third kappa shape index (κ3) is 3.54. The van der Waals surface area contributed by atoms with Gasteiger partial charge in [0.05, 0.1) is 12.7 Å². The van der Waals surface area contributed by atoms with E-state index in [1.807, 2.05) is 31.2 Å². The minimum absolute atomic E-state index is 0.172. The lowest BCUT2D eigenvalue weighted by Gasteiger charge is -2.33. The van der Waals surface area contributed by atoms with Crippen LogP contribution in [0.1, 0.15) is 29.0 Å². The summed E-state index contributed by atoms with van der Waals surface area (Å²) in [4.78, 5) is 0. The first kappa shape index (κ1) is 15.2. The molecule has 0 bridgehead atoms. The number of hydrogen-bond donors (Lipinski definition) is 1. The number of aryl methyl sites for hydroxylation is 1. The van der Waals surface area contributed by atoms with Crippen molar-refractivity contribution < 1.29 is 9.13 Å². The van der Waals surface area contributed by atoms with Gasteiger partial charge in [0.25, 0.3) is 0 Å². The van der Waals surface area contributed by atoms with Gasteiger partial charge in [0.1, 0.15) is 5.82 Å². The molecule has 2 nitrogen and oxygen atoms in total. The highest BCUT2D eigenvalue weighted by atomic mass is 19.1. The van der Waals surface area contributed by atoms with E-state index in [4.69, 9.17) is 4.74 Å². The van der Waals surface area contributed by atoms with Crippen LogP contribution in [-0.2, 0) is 11.3 Å². The van der Waals surface area contributed by atoms with Crippen LogP contribution in [0.2, 0.25) is 0 Å². The highest BCUT2D eigenvalue weighted by Gasteiger charge is 2.28. The first-order chi connectivity index (χ1) is 10.7. The summed E-state index contributed by atoms with van der Waals surface area (Å²) < 4.78 is 19.5. The Morgan fingerprint density at radius 1 is 1.18 bits per heavy atom. The maximum Gasteiger partial charge on any atom is 0.123 e. The summed E-state index contributed by atoms with van der Waals surface area (Å²) in [6, 6.07) is 15.3. The van der Waals surface area contributed by atoms with Crippen molar-refractivity contribution in [2.24, 2.45) is 0 Å². The number of halogens is 1. The molecule has 0 aliphatic carbocycles. The van der Waals surface area contributed by atoms with Gasteiger partial charge in [-0.2, -0.15) is 0 Å². The van der Waals surface area contributed by atoms with Crippen LogP contribution in [0.25, 0.3) is 0 Å². The summed E-state index contributed by atoms with van der Waals surface area (Å²) in [5, 5.41) is 3.43. The van der Waals surface area contributed by atoms with Crippen LogP contribution in [-0.4, -0.2) is 19.2 Å². The quantitative estimate of drug-likeness (QED) is 0.927. The third-order valence-corrected chi connectivity index (χ3v) is 4.36. The Morgan fingerprint density at radius 2 is 2.00 bits per heavy atom. The molecule has 3 rings (SSSR count). The van der Waals surface area contributed by atoms with E-state index in [1.165, 1.54) is 11.1 Å². The monoisotopic (exact) mass is 299 g/mol. The van der Waals surface area contributed by atoms with Crippen molar-refractivity contribution in [1.82, 2.24) is 5.32 Å². The van der Waals surface area contributed by atoms with Gasteiger partial charge in [-0.05, 0) is 48.7 Å². The Kier molecular flexibility index (Phi) is 4.86. The molecule has 1 heterocycles. The molecule has 1 fully saturated rings. The van der Waals surface area contributed by atoms with Gasteiger partial charge in [0.2, 0.25) is 0 Å². The summed E-state index contributed by atoms with van der Waals surface area (Å²) >= 11 is 0. The van der Waals surface area contributed by atoms with Gasteiger partial charge in [-0.3, -0.25) is 0 Å². The number of piperidine rings is 1. The maximum atomic E-state index is 13.3. The van der Waals surface area contributed by atoms with Crippen LogP contribution in [0.15, 0.2) is 48.5 Å². The number of hydrogen-bond acceptors (Lipinski definition) is 2. The van der Waals surface area contributed by atoms with Crippen LogP contribution in [0.3, 0.4) is 0 Å². The summed E-state index contributed by atoms with van der Waals surface area (Å²) in [5.41, 5.74) is 3.38. The van der Waals surface area contributed by atoms with Crippen molar-refractivity contribution in [2.45, 2.75) is 32.0 Å². The Hall–Kier alpha value is -1.71. The molecule has 1 saturated heterocycles. The summed E-state index contributed by atoms with van der Waals surface area (Å²) in [5.74, 6) is 0.102. The molecule has 2 aromatic carbocycles. The molecule has 1 N–H and O–H groups in total. The molecule has 1 aliphatic rings. The molecule has 3 heteroatoms. The Bertz CT molecular complexity index is 614. The minimum atomic E-state index is -0.174. The molecule has 0 saturated carbocycles. The van der Waals surface area contributed by atoms with Crippen LogP contribution in [0.5, 0.6) is 0 Å². The van der Waals surface area contributed by atoms with Crippen molar-refractivity contribution in [3.63, 3.8) is 0 Å². The molecule has 116 valence electrons. The second-order valence-electron chi connectivity index (χ2n) is 5.94. The van der Waals surface area contributed by atoms with E-state index in [9.17, 15) is 4.39 Å². The smallest absolute Gasteiger partial charge is 0.123 e. The summed E-state index contributed by atoms with van der Waals surface area (Å²) in [6.45, 7) is 4.45. The van der Waals surface area contributed by atoms with E-state index in [0.717, 1.165) is 25.1 Å². The van der Waals surface area contributed by atoms with Crippen LogP contribution in [0, 0.1) is 12.7 Å². The van der Waals surface area contributed by atoms with E-state index in [1.54, 1.807) is 12.1 Å². The van der Waals surface area contributed by atoms with Gasteiger partial charge < -0.3 is 10.1 Å². The first-order valence-electron chi connectivity index (χ1n) is 7.86. The lowest BCUT2D eigenvalue weighted by atomic mass is 9.86. The standard InChI is InChI=1S/C19H22FNO/c1-14-11-16(20)7-8-17(14)18-12-21-10-9-19(18)22-13-15-5-3-2-4-6-15/h2-8,11,18-19,21H,9-10,12-13H2,1H3. The second kappa shape index (κ2) is 7.03. The van der Waals surface area contributed by atoms with E-state index in [2.05, 4.69) is 17.4 Å². The third-order valence-electron chi connectivity index (χ3n) is 4.36. The van der Waals surface area contributed by atoms with E-state index in [-0.39, 0.29) is 17.8 Å². The van der Waals surface area contributed by atoms with E-state index >= 15 is 0 Å². The van der Waals surface area contributed by atoms with Crippen molar-refractivity contribution in [2.75, 3.05) is 13.1 Å². The fraction of sp³-hybridized carbons (Fsp3) is 0.368. The molecule has 2 atom stereocenters. The highest BCUT2D eigenvalue weighted by Crippen LogP contribution is 2.29. The largest absolute Gasteiger partial charge is 0.373 e. The molecule has 0 aromatic heterocycles. The highest BCUT2D eigenvalue weighted by molar-refractivity contribution is 5.31. The van der Waals surface area contributed by atoms with Gasteiger partial charge in [-0.15, -0.1) is 0 Å². The zero-order valence-corrected chi connectivity index (χ0v) is 12.9. The van der Waals surface area contributed by atoms with Crippen LogP contribution < -0.4 is 5.32 Å². The molecule has 1 aliphatic heterocycles. The van der Waals surface area contributed by atoms with Gasteiger partial charge in [-0.1, -0.05) is 36.4 Å². The van der Waals surface area contributed by atoms with Crippen LogP contribution >= 0.6 is 0 Å². The first-order valence-corrected chi connectivity index (χ1v) is 7.86. The van der Waals surface area contributed by atoms with E-state index < -0.39 is 0 Å². The summed E-state index contributed by atoms with van der Waals surface area (Å²) in [7, 11) is 0. The zero-order chi connectivity index (χ0) is 15.4. The van der Waals surface area contributed by atoms with Gasteiger partial charge >= 0.3 is 0 Å². The number of rotatable bonds is 4. The van der Waals surface area contributed by atoms with Crippen LogP contribution in [0.4, 0.5) is 4.39 Å². The fourth-order valence-corrected chi connectivity index (χ4v) is 3.18. The molecular weight excluding hydrogens is 277 g/mol.